The predicted octanol–water partition coefficient (Wildman–Crippen LogP) is 8.76. The molecule has 0 bridgehead atoms. The van der Waals surface area contributed by atoms with Gasteiger partial charge in [-0.15, -0.1) is 0 Å². The van der Waals surface area contributed by atoms with Gasteiger partial charge in [-0.1, -0.05) is 143 Å². The maximum absolute atomic E-state index is 11.0. The Hall–Kier alpha value is -5.43. The first-order valence-corrected chi connectivity index (χ1v) is 13.7. The number of aromatic amines is 1. The van der Waals surface area contributed by atoms with Crippen molar-refractivity contribution in [3.63, 3.8) is 0 Å². The molecule has 0 saturated heterocycles. The summed E-state index contributed by atoms with van der Waals surface area (Å²) in [6.07, 6.45) is 0.833. The second-order valence-corrected chi connectivity index (χ2v) is 8.59. The summed E-state index contributed by atoms with van der Waals surface area (Å²) in [5, 5.41) is 7.42. The van der Waals surface area contributed by atoms with Crippen molar-refractivity contribution in [3.8, 4) is 22.6 Å². The van der Waals surface area contributed by atoms with Crippen LogP contribution in [0, 0.1) is 6.92 Å². The second-order valence-electron chi connectivity index (χ2n) is 8.59. The van der Waals surface area contributed by atoms with Gasteiger partial charge in [0.05, 0.1) is 5.69 Å². The van der Waals surface area contributed by atoms with Gasteiger partial charge < -0.3 is 10.1 Å². The van der Waals surface area contributed by atoms with E-state index in [1.165, 1.54) is 6.92 Å². The van der Waals surface area contributed by atoms with E-state index in [1.807, 2.05) is 68.4 Å². The smallest absolute Gasteiger partial charge is 0.300 e. The van der Waals surface area contributed by atoms with Crippen LogP contribution in [0.15, 0.2) is 121 Å². The Morgan fingerprint density at radius 3 is 1.45 bits per heavy atom. The first kappa shape index (κ1) is 38.6. The molecule has 0 aliphatic rings. The Bertz CT molecular complexity index is 1510. The number of hydrogen-bond donors (Lipinski definition) is 2. The van der Waals surface area contributed by atoms with Gasteiger partial charge in [0.25, 0.3) is 5.97 Å². The lowest BCUT2D eigenvalue weighted by molar-refractivity contribution is -0.134. The number of ketones is 2. The van der Waals surface area contributed by atoms with E-state index in [9.17, 15) is 14.4 Å². The van der Waals surface area contributed by atoms with Crippen LogP contribution in [0.3, 0.4) is 0 Å². The third-order valence-electron chi connectivity index (χ3n) is 5.27. The fraction of sp³-hybridized carbons (Fsp3) is 0.162. The summed E-state index contributed by atoms with van der Waals surface area (Å²) in [6, 6.07) is 38.1. The summed E-state index contributed by atoms with van der Waals surface area (Å²) >= 11 is 0. The van der Waals surface area contributed by atoms with Crippen molar-refractivity contribution in [1.82, 2.24) is 9.97 Å². The normalized spacial score (nSPS) is 8.84. The van der Waals surface area contributed by atoms with Gasteiger partial charge in [0.1, 0.15) is 12.1 Å². The van der Waals surface area contributed by atoms with E-state index in [0.717, 1.165) is 47.1 Å². The number of rotatable bonds is 5. The first-order chi connectivity index (χ1) is 20.7. The van der Waals surface area contributed by atoms with Crippen molar-refractivity contribution >= 4 is 23.8 Å². The lowest BCUT2D eigenvalue weighted by atomic mass is 10.1. The lowest BCUT2D eigenvalue weighted by Gasteiger charge is -1.96. The van der Waals surface area contributed by atoms with E-state index in [0.29, 0.717) is 5.56 Å². The molecule has 0 saturated carbocycles. The van der Waals surface area contributed by atoms with Crippen LogP contribution in [-0.4, -0.2) is 38.9 Å². The summed E-state index contributed by atoms with van der Waals surface area (Å²) in [6.45, 7) is 8.41. The first-order valence-electron chi connectivity index (χ1n) is 13.7. The number of carbonyl (C=O) groups is 4. The van der Waals surface area contributed by atoms with E-state index in [1.54, 1.807) is 42.5 Å². The number of benzene rings is 4. The second kappa shape index (κ2) is 22.2. The Morgan fingerprint density at radius 2 is 1.07 bits per heavy atom. The zero-order valence-corrected chi connectivity index (χ0v) is 25.2. The lowest BCUT2D eigenvalue weighted by Crippen LogP contribution is -2.08. The zero-order valence-electron chi connectivity index (χ0n) is 25.2. The molecule has 7 heteroatoms. The summed E-state index contributed by atoms with van der Waals surface area (Å²) in [5.74, 6) is -0.756. The van der Waals surface area contributed by atoms with Gasteiger partial charge in [0, 0.05) is 41.8 Å². The third kappa shape index (κ3) is 14.5. The number of H-pyrrole nitrogens is 1. The zero-order chi connectivity index (χ0) is 32.0. The average molecular weight is 595 g/mol. The molecule has 0 amide bonds. The predicted molar refractivity (Wildman–Crippen MR) is 179 cm³/mol. The molecular weight excluding hydrogens is 552 g/mol. The van der Waals surface area contributed by atoms with Gasteiger partial charge in [-0.25, -0.2) is 4.98 Å². The fourth-order valence-electron chi connectivity index (χ4n) is 3.39. The van der Waals surface area contributed by atoms with Crippen LogP contribution in [0.5, 0.6) is 0 Å². The van der Waals surface area contributed by atoms with Crippen LogP contribution in [0.4, 0.5) is 0 Å². The Kier molecular flexibility index (Phi) is 19.5. The molecule has 0 spiro atoms. The molecule has 0 fully saturated rings. The molecule has 0 aliphatic carbocycles. The number of imidazole rings is 1. The number of carbonyl (C=O) groups excluding carboxylic acids is 3. The molecule has 4 aromatic carbocycles. The van der Waals surface area contributed by atoms with Crippen LogP contribution < -0.4 is 0 Å². The van der Waals surface area contributed by atoms with Crippen molar-refractivity contribution in [2.45, 2.75) is 42.0 Å². The molecule has 1 aromatic heterocycles. The summed E-state index contributed by atoms with van der Waals surface area (Å²) in [7, 11) is 0. The highest BCUT2D eigenvalue weighted by Gasteiger charge is 2.10. The fourth-order valence-corrected chi connectivity index (χ4v) is 3.39. The quantitative estimate of drug-likeness (QED) is 0.119. The maximum atomic E-state index is 11.0. The van der Waals surface area contributed by atoms with Crippen molar-refractivity contribution < 1.29 is 24.3 Å². The maximum Gasteiger partial charge on any atom is 0.300 e. The minimum Gasteiger partial charge on any atom is -0.481 e. The van der Waals surface area contributed by atoms with E-state index in [-0.39, 0.29) is 7.43 Å². The minimum atomic E-state index is -0.833. The van der Waals surface area contributed by atoms with E-state index < -0.39 is 17.5 Å². The summed E-state index contributed by atoms with van der Waals surface area (Å²) < 4.78 is 0. The van der Waals surface area contributed by atoms with E-state index in [4.69, 9.17) is 14.9 Å². The van der Waals surface area contributed by atoms with Gasteiger partial charge in [0.2, 0.25) is 5.78 Å². The molecule has 44 heavy (non-hydrogen) atoms. The third-order valence-corrected chi connectivity index (χ3v) is 5.27. The Balaban J connectivity index is 0.000000612. The molecule has 5 rings (SSSR count). The number of nitrogens with one attached hydrogen (secondary N) is 1. The van der Waals surface area contributed by atoms with Crippen LogP contribution in [0.1, 0.15) is 61.5 Å². The van der Waals surface area contributed by atoms with Gasteiger partial charge in [-0.2, -0.15) is 0 Å². The van der Waals surface area contributed by atoms with Crippen LogP contribution in [-0.2, 0) is 9.59 Å². The average Bonchev–Trinajstić information content (AvgIpc) is 3.45. The molecule has 230 valence electrons. The van der Waals surface area contributed by atoms with Crippen molar-refractivity contribution in [2.24, 2.45) is 0 Å². The molecule has 7 nitrogen and oxygen atoms in total. The topological polar surface area (TPSA) is 117 Å². The van der Waals surface area contributed by atoms with Gasteiger partial charge >= 0.3 is 0 Å². The van der Waals surface area contributed by atoms with Crippen LogP contribution >= 0.6 is 0 Å². The molecule has 0 radical (unpaired) electrons. The van der Waals surface area contributed by atoms with Crippen molar-refractivity contribution in [2.75, 3.05) is 0 Å². The van der Waals surface area contributed by atoms with E-state index >= 15 is 0 Å². The number of Topliss-reactive ketones (excluding diaryl/α,β-unsaturated/α-hetero) is 2. The number of aryl methyl sites for hydroxylation is 1. The summed E-state index contributed by atoms with van der Waals surface area (Å²) in [5.41, 5.74) is 5.57. The molecule has 1 heterocycles. The van der Waals surface area contributed by atoms with Crippen LogP contribution in [0.25, 0.3) is 22.6 Å². The largest absolute Gasteiger partial charge is 0.481 e. The highest BCUT2D eigenvalue weighted by molar-refractivity contribution is 6.42. The van der Waals surface area contributed by atoms with Crippen LogP contribution in [0.2, 0.25) is 0 Å². The molecule has 2 N–H and O–H groups in total. The Morgan fingerprint density at radius 1 is 0.682 bits per heavy atom. The van der Waals surface area contributed by atoms with Gasteiger partial charge in [0.15, 0.2) is 5.78 Å². The highest BCUT2D eigenvalue weighted by Crippen LogP contribution is 2.25. The molecule has 0 unspecified atom stereocenters. The number of nitrogens with zero attached hydrogens (tertiary/aromatic N) is 1. The molecule has 0 aliphatic heterocycles. The van der Waals surface area contributed by atoms with E-state index in [2.05, 4.69) is 36.2 Å². The highest BCUT2D eigenvalue weighted by atomic mass is 16.4. The number of aldehydes is 1. The number of carboxylic acids is 1. The van der Waals surface area contributed by atoms with Crippen molar-refractivity contribution in [1.29, 1.82) is 0 Å². The van der Waals surface area contributed by atoms with Gasteiger partial charge in [-0.05, 0) is 6.92 Å². The van der Waals surface area contributed by atoms with Crippen molar-refractivity contribution in [3.05, 3.63) is 138 Å². The number of hydrogen-bond acceptors (Lipinski definition) is 5. The molecular formula is C37H42N2O5. The standard InChI is InChI=1S/C16H14N2.C9H8O2.C7H6O.C2H4O2.C2H6.CH4/c1-12-15(13-8-4-2-5-9-13)18-16(17-12)14-10-6-3-7-11-14;1-7(10)9(11)8-5-3-2-4-6-8;8-6-7-4-2-1-3-5-7;1-2(3)4;1-2;/h2-11H,1H3,(H,17,18);2-6H,1H3;1-6H;1H3,(H,3,4);1-2H3;1H4. The molecule has 0 atom stereocenters. The minimum absolute atomic E-state index is 0. The SMILES string of the molecule is C.CC.CC(=O)C(=O)c1ccccc1.CC(=O)O.Cc1[nH]c(-c2ccccc2)nc1-c1ccccc1.O=Cc1ccccc1. The number of aromatic nitrogens is 2. The monoisotopic (exact) mass is 594 g/mol. The summed E-state index contributed by atoms with van der Waals surface area (Å²) in [4.78, 5) is 48.6. The van der Waals surface area contributed by atoms with Gasteiger partial charge in [-0.3, -0.25) is 19.2 Å². The Labute approximate surface area is 260 Å². The number of aliphatic carboxylic acids is 1. The number of carboxylic acid groups (broad SMARTS) is 1. The molecule has 5 aromatic rings.